The molecule has 4 aliphatic rings. The third-order valence-corrected chi connectivity index (χ3v) is 13.1. The lowest BCUT2D eigenvalue weighted by molar-refractivity contribution is 0.0849. The van der Waals surface area contributed by atoms with Gasteiger partial charge in [-0.2, -0.15) is 10.2 Å². The molecule has 10 nitrogen and oxygen atoms in total. The zero-order valence-electron chi connectivity index (χ0n) is 35.0. The molecule has 0 unspecified atom stereocenters. The van der Waals surface area contributed by atoms with E-state index >= 15 is 0 Å². The monoisotopic (exact) mass is 814 g/mol. The molecular weight excluding hydrogens is 765 g/mol. The molecule has 2 N–H and O–H groups in total. The number of aromatic nitrogens is 4. The summed E-state index contributed by atoms with van der Waals surface area (Å²) in [5.74, 6) is 3.92. The number of hydrogen-bond donors (Lipinski definition) is 2. The highest BCUT2D eigenvalue weighted by molar-refractivity contribution is 6.01. The van der Waals surface area contributed by atoms with Crippen LogP contribution in [0.1, 0.15) is 97.8 Å². The number of ketones is 2. The predicted octanol–water partition coefficient (Wildman–Crippen LogP) is 9.54. The summed E-state index contributed by atoms with van der Waals surface area (Å²) in [5, 5.41) is 15.2. The maximum absolute atomic E-state index is 12.9. The first-order valence-electron chi connectivity index (χ1n) is 21.0. The van der Waals surface area contributed by atoms with E-state index in [1.165, 1.54) is 0 Å². The molecule has 2 heterocycles. The third kappa shape index (κ3) is 7.34. The van der Waals surface area contributed by atoms with Gasteiger partial charge in [0.15, 0.2) is 11.6 Å². The average molecular weight is 815 g/mol. The topological polar surface area (TPSA) is 128 Å². The first kappa shape index (κ1) is 39.8. The lowest BCUT2D eigenvalue weighted by Gasteiger charge is -2.34. The quantitative estimate of drug-likeness (QED) is 0.117. The second-order valence-corrected chi connectivity index (χ2v) is 16.4. The van der Waals surface area contributed by atoms with Crippen LogP contribution in [0.15, 0.2) is 109 Å². The van der Waals surface area contributed by atoms with E-state index in [1.807, 2.05) is 48.5 Å². The molecule has 2 fully saturated rings. The van der Waals surface area contributed by atoms with Gasteiger partial charge in [0.05, 0.1) is 28.4 Å². The molecule has 2 saturated carbocycles. The minimum absolute atomic E-state index is 0.135. The Hall–Kier alpha value is -6.68. The van der Waals surface area contributed by atoms with E-state index in [1.54, 1.807) is 28.4 Å². The van der Waals surface area contributed by atoms with Gasteiger partial charge in [-0.25, -0.2) is 0 Å². The summed E-state index contributed by atoms with van der Waals surface area (Å²) in [5.41, 5.74) is 8.90. The number of methoxy groups -OCH3 is 4. The zero-order valence-corrected chi connectivity index (χ0v) is 35.0. The molecule has 0 bridgehead atoms. The summed E-state index contributed by atoms with van der Waals surface area (Å²) in [6.07, 6.45) is 15.0. The van der Waals surface area contributed by atoms with Gasteiger partial charge in [0, 0.05) is 58.0 Å². The lowest BCUT2D eigenvalue weighted by Crippen LogP contribution is -2.31. The van der Waals surface area contributed by atoms with Crippen molar-refractivity contribution in [1.82, 2.24) is 20.4 Å². The average Bonchev–Trinajstić information content (AvgIpc) is 3.94. The van der Waals surface area contributed by atoms with Crippen LogP contribution in [-0.4, -0.2) is 60.4 Å². The number of Topliss-reactive ketones (excluding diaryl/α,β-unsaturated/α-hetero) is 2. The van der Waals surface area contributed by atoms with Crippen molar-refractivity contribution < 1.29 is 28.5 Å². The Morgan fingerprint density at radius 2 is 0.803 bits per heavy atom. The summed E-state index contributed by atoms with van der Waals surface area (Å²) in [4.78, 5) is 25.5. The number of benzene rings is 4. The molecule has 0 aliphatic heterocycles. The first-order valence-corrected chi connectivity index (χ1v) is 21.0. The van der Waals surface area contributed by atoms with E-state index in [-0.39, 0.29) is 34.2 Å². The normalized spacial score (nSPS) is 16.9. The number of nitrogens with one attached hydrogen (secondary N) is 2. The summed E-state index contributed by atoms with van der Waals surface area (Å²) >= 11 is 0. The smallest absolute Gasteiger partial charge is 0.186 e. The van der Waals surface area contributed by atoms with Gasteiger partial charge in [-0.3, -0.25) is 19.8 Å². The highest BCUT2D eigenvalue weighted by atomic mass is 16.5. The van der Waals surface area contributed by atoms with Crippen LogP contribution in [0.4, 0.5) is 0 Å². The molecule has 0 radical (unpaired) electrons. The third-order valence-electron chi connectivity index (χ3n) is 13.1. The Morgan fingerprint density at radius 3 is 1.07 bits per heavy atom. The predicted molar refractivity (Wildman–Crippen MR) is 235 cm³/mol. The summed E-state index contributed by atoms with van der Waals surface area (Å²) in [7, 11) is 6.69. The van der Waals surface area contributed by atoms with Gasteiger partial charge >= 0.3 is 0 Å². The van der Waals surface area contributed by atoms with Crippen molar-refractivity contribution in [2.24, 2.45) is 11.8 Å². The highest BCUT2D eigenvalue weighted by Gasteiger charge is 2.41. The van der Waals surface area contributed by atoms with Gasteiger partial charge in [0.1, 0.15) is 34.4 Å². The fourth-order valence-corrected chi connectivity index (χ4v) is 8.99. The van der Waals surface area contributed by atoms with Crippen molar-refractivity contribution in [2.75, 3.05) is 28.4 Å². The number of hydrogen-bond acceptors (Lipinski definition) is 8. The van der Waals surface area contributed by atoms with Crippen LogP contribution >= 0.6 is 0 Å². The Labute approximate surface area is 356 Å². The zero-order chi connectivity index (χ0) is 42.1. The summed E-state index contributed by atoms with van der Waals surface area (Å²) < 4.78 is 21.4. The largest absolute Gasteiger partial charge is 0.497 e. The summed E-state index contributed by atoms with van der Waals surface area (Å²) in [6.45, 7) is 0. The number of nitrogens with zero attached hydrogens (tertiary/aromatic N) is 2. The van der Waals surface area contributed by atoms with Crippen molar-refractivity contribution in [3.63, 3.8) is 0 Å². The molecule has 6 aromatic rings. The number of H-pyrrole nitrogens is 2. The maximum atomic E-state index is 12.9. The standard InChI is InChI=1S/C26H26N2O3.C25H24N2O3/c1-30-20-10-6-18(7-11-20)26(19-8-12-21(31-2)13-9-19)15-14-22-23(16-26)27-28-24(22)25(29)17-4-3-5-17;1-29-19-9-5-17(6-10-19)25(18-7-11-20(30-2)12-8-18)14-13-21-22(15-25)26-27-23(21)24(28)16-3-4-16/h6-15,17H,3-5,16H2,1-2H3,(H,27,28);5-14,16H,3-4,15H2,1-2H3,(H,26,27). The van der Waals surface area contributed by atoms with E-state index in [0.29, 0.717) is 24.2 Å². The molecule has 310 valence electrons. The fraction of sp³-hybridized carbons (Fsp3) is 0.294. The lowest BCUT2D eigenvalue weighted by atomic mass is 9.68. The van der Waals surface area contributed by atoms with Gasteiger partial charge < -0.3 is 18.9 Å². The number of aromatic amines is 2. The SMILES string of the molecule is COc1ccc(C2(c3ccc(OC)cc3)C=Cc3c(C(=O)C4CC4)n[nH]c3C2)cc1.COc1ccc(C2(c3ccc(OC)cc3)C=Cc3c(C(=O)C4CCC4)n[nH]c3C2)cc1. The van der Waals surface area contributed by atoms with Gasteiger partial charge in [0.2, 0.25) is 0 Å². The number of carbonyl (C=O) groups is 2. The van der Waals surface area contributed by atoms with Gasteiger partial charge in [-0.15, -0.1) is 0 Å². The fourth-order valence-electron chi connectivity index (χ4n) is 8.99. The van der Waals surface area contributed by atoms with Crippen molar-refractivity contribution >= 4 is 23.7 Å². The number of carbonyl (C=O) groups excluding carboxylic acids is 2. The molecule has 0 spiro atoms. The van der Waals surface area contributed by atoms with Crippen molar-refractivity contribution in [2.45, 2.75) is 55.8 Å². The van der Waals surface area contributed by atoms with Crippen LogP contribution in [-0.2, 0) is 23.7 Å². The molecule has 4 aromatic carbocycles. The molecule has 0 amide bonds. The molecule has 10 heteroatoms. The number of allylic oxidation sites excluding steroid dienone is 2. The van der Waals surface area contributed by atoms with Crippen molar-refractivity contribution in [1.29, 1.82) is 0 Å². The van der Waals surface area contributed by atoms with Crippen LogP contribution in [0.2, 0.25) is 0 Å². The Balaban J connectivity index is 0.000000156. The molecular formula is C51H50N4O6. The second-order valence-electron chi connectivity index (χ2n) is 16.4. The Morgan fingerprint density at radius 1 is 0.492 bits per heavy atom. The number of ether oxygens (including phenoxy) is 4. The van der Waals surface area contributed by atoms with Crippen molar-refractivity contribution in [3.05, 3.63) is 165 Å². The number of fused-ring (bicyclic) bond motifs is 2. The first-order chi connectivity index (χ1) is 29.8. The molecule has 10 rings (SSSR count). The van der Waals surface area contributed by atoms with E-state index in [0.717, 1.165) is 99.9 Å². The van der Waals surface area contributed by atoms with Gasteiger partial charge in [-0.05, 0) is 96.5 Å². The Kier molecular flexibility index (Phi) is 10.7. The highest BCUT2D eigenvalue weighted by Crippen LogP contribution is 2.45. The van der Waals surface area contributed by atoms with Crippen LogP contribution in [0.5, 0.6) is 23.0 Å². The van der Waals surface area contributed by atoms with Crippen LogP contribution in [0.25, 0.3) is 12.2 Å². The van der Waals surface area contributed by atoms with E-state index in [2.05, 4.69) is 93.2 Å². The van der Waals surface area contributed by atoms with Gasteiger partial charge in [0.25, 0.3) is 0 Å². The minimum atomic E-state index is -0.380. The van der Waals surface area contributed by atoms with Crippen LogP contribution in [0, 0.1) is 11.8 Å². The Bertz CT molecular complexity index is 2500. The maximum Gasteiger partial charge on any atom is 0.186 e. The summed E-state index contributed by atoms with van der Waals surface area (Å²) in [6, 6.07) is 32.7. The van der Waals surface area contributed by atoms with E-state index in [4.69, 9.17) is 18.9 Å². The van der Waals surface area contributed by atoms with E-state index in [9.17, 15) is 9.59 Å². The number of rotatable bonds is 12. The molecule has 4 aliphatic carbocycles. The molecule has 0 atom stereocenters. The van der Waals surface area contributed by atoms with Gasteiger partial charge in [-0.1, -0.05) is 79.3 Å². The molecule has 2 aromatic heterocycles. The van der Waals surface area contributed by atoms with Crippen LogP contribution < -0.4 is 18.9 Å². The van der Waals surface area contributed by atoms with Crippen LogP contribution in [0.3, 0.4) is 0 Å². The molecule has 0 saturated heterocycles. The van der Waals surface area contributed by atoms with E-state index < -0.39 is 0 Å². The second kappa shape index (κ2) is 16.4. The van der Waals surface area contributed by atoms with Crippen molar-refractivity contribution in [3.8, 4) is 23.0 Å². The molecule has 61 heavy (non-hydrogen) atoms. The minimum Gasteiger partial charge on any atom is -0.497 e.